The van der Waals surface area contributed by atoms with Crippen LogP contribution in [0.25, 0.3) is 11.4 Å². The van der Waals surface area contributed by atoms with Crippen molar-refractivity contribution in [3.05, 3.63) is 28.8 Å². The van der Waals surface area contributed by atoms with E-state index in [0.717, 1.165) is 17.5 Å². The smallest absolute Gasteiger partial charge is 0.321 e. The zero-order chi connectivity index (χ0) is 15.4. The molecular weight excluding hydrogens is 264 g/mol. The molecule has 0 bridgehead atoms. The number of aromatic nitrogens is 3. The molecule has 0 amide bonds. The number of aryl methyl sites for hydroxylation is 3. The van der Waals surface area contributed by atoms with Gasteiger partial charge in [-0.1, -0.05) is 13.0 Å². The van der Waals surface area contributed by atoms with E-state index in [1.807, 2.05) is 0 Å². The van der Waals surface area contributed by atoms with Gasteiger partial charge in [-0.25, -0.2) is 0 Å². The Morgan fingerprint density at radius 2 is 1.71 bits per heavy atom. The Balaban J connectivity index is 2.49. The first-order chi connectivity index (χ1) is 10.0. The minimum absolute atomic E-state index is 0.365. The molecule has 5 nitrogen and oxygen atoms in total. The summed E-state index contributed by atoms with van der Waals surface area (Å²) >= 11 is 0. The van der Waals surface area contributed by atoms with Crippen LogP contribution in [0.15, 0.2) is 12.1 Å². The van der Waals surface area contributed by atoms with Gasteiger partial charge in [0.15, 0.2) is 5.82 Å². The van der Waals surface area contributed by atoms with Crippen LogP contribution in [0, 0.1) is 20.8 Å². The van der Waals surface area contributed by atoms with E-state index in [2.05, 4.69) is 60.1 Å². The number of hydrogen-bond acceptors (Lipinski definition) is 5. The Bertz CT molecular complexity index is 640. The second-order valence-electron chi connectivity index (χ2n) is 5.12. The zero-order valence-electron chi connectivity index (χ0n) is 13.3. The number of nitrogens with one attached hydrogen (secondary N) is 1. The number of ether oxygens (including phenoxy) is 1. The van der Waals surface area contributed by atoms with E-state index in [1.165, 1.54) is 11.1 Å². The molecule has 0 saturated heterocycles. The first-order valence-electron chi connectivity index (χ1n) is 7.20. The van der Waals surface area contributed by atoms with E-state index in [-0.39, 0.29) is 0 Å². The minimum atomic E-state index is 0.365. The molecule has 0 radical (unpaired) electrons. The van der Waals surface area contributed by atoms with Crippen LogP contribution in [0.1, 0.15) is 30.0 Å². The largest absolute Gasteiger partial charge is 0.463 e. The van der Waals surface area contributed by atoms with E-state index < -0.39 is 0 Å². The SMILES string of the molecule is CCCOc1nc(NC)nc(-c2cc(C)c(C)cc2C)n1. The van der Waals surface area contributed by atoms with Gasteiger partial charge in [-0.15, -0.1) is 0 Å². The number of rotatable bonds is 5. The Morgan fingerprint density at radius 1 is 1.00 bits per heavy atom. The van der Waals surface area contributed by atoms with Crippen LogP contribution in [0.2, 0.25) is 0 Å². The highest BCUT2D eigenvalue weighted by Gasteiger charge is 2.12. The molecule has 0 atom stereocenters. The lowest BCUT2D eigenvalue weighted by Crippen LogP contribution is -2.06. The highest BCUT2D eigenvalue weighted by atomic mass is 16.5. The number of benzene rings is 1. The summed E-state index contributed by atoms with van der Waals surface area (Å²) in [5.41, 5.74) is 4.64. The van der Waals surface area contributed by atoms with Crippen molar-refractivity contribution < 1.29 is 4.74 Å². The van der Waals surface area contributed by atoms with Crippen LogP contribution in [0.4, 0.5) is 5.95 Å². The molecule has 0 unspecified atom stereocenters. The summed E-state index contributed by atoms with van der Waals surface area (Å²) in [6.45, 7) is 8.91. The summed E-state index contributed by atoms with van der Waals surface area (Å²) < 4.78 is 5.55. The van der Waals surface area contributed by atoms with Gasteiger partial charge in [-0.2, -0.15) is 15.0 Å². The van der Waals surface area contributed by atoms with Crippen LogP contribution in [-0.2, 0) is 0 Å². The van der Waals surface area contributed by atoms with Gasteiger partial charge in [-0.05, 0) is 49.9 Å². The maximum absolute atomic E-state index is 5.55. The lowest BCUT2D eigenvalue weighted by atomic mass is 10.0. The molecule has 1 N–H and O–H groups in total. The van der Waals surface area contributed by atoms with Gasteiger partial charge in [0.1, 0.15) is 0 Å². The molecule has 1 heterocycles. The van der Waals surface area contributed by atoms with Crippen molar-refractivity contribution in [3.8, 4) is 17.4 Å². The number of anilines is 1. The lowest BCUT2D eigenvalue weighted by molar-refractivity contribution is 0.292. The first kappa shape index (κ1) is 15.2. The van der Waals surface area contributed by atoms with Crippen LogP contribution in [-0.4, -0.2) is 28.6 Å². The third-order valence-electron chi connectivity index (χ3n) is 3.36. The highest BCUT2D eigenvalue weighted by Crippen LogP contribution is 2.25. The van der Waals surface area contributed by atoms with Crippen LogP contribution in [0.5, 0.6) is 6.01 Å². The normalized spacial score (nSPS) is 10.5. The van der Waals surface area contributed by atoms with Gasteiger partial charge in [0.05, 0.1) is 6.61 Å². The van der Waals surface area contributed by atoms with E-state index in [9.17, 15) is 0 Å². The second kappa shape index (κ2) is 6.52. The molecule has 0 spiro atoms. The molecular formula is C16H22N4O. The fourth-order valence-corrected chi connectivity index (χ4v) is 2.05. The van der Waals surface area contributed by atoms with Gasteiger partial charge >= 0.3 is 6.01 Å². The van der Waals surface area contributed by atoms with Crippen LogP contribution in [0.3, 0.4) is 0 Å². The average molecular weight is 286 g/mol. The van der Waals surface area contributed by atoms with E-state index >= 15 is 0 Å². The van der Waals surface area contributed by atoms with Gasteiger partial charge in [-0.3, -0.25) is 0 Å². The fraction of sp³-hybridized carbons (Fsp3) is 0.438. The standard InChI is InChI=1S/C16H22N4O/c1-6-7-21-16-19-14(18-15(17-5)20-16)13-9-11(3)10(2)8-12(13)4/h8-9H,6-7H2,1-5H3,(H,17,18,19,20). The second-order valence-corrected chi connectivity index (χ2v) is 5.12. The predicted molar refractivity (Wildman–Crippen MR) is 84.8 cm³/mol. The Morgan fingerprint density at radius 3 is 2.38 bits per heavy atom. The maximum atomic E-state index is 5.55. The third kappa shape index (κ3) is 3.48. The summed E-state index contributed by atoms with van der Waals surface area (Å²) in [5.74, 6) is 1.16. The molecule has 2 rings (SSSR count). The molecule has 5 heteroatoms. The van der Waals surface area contributed by atoms with Crippen molar-refractivity contribution in [3.63, 3.8) is 0 Å². The van der Waals surface area contributed by atoms with Crippen LogP contribution < -0.4 is 10.1 Å². The topological polar surface area (TPSA) is 59.9 Å². The highest BCUT2D eigenvalue weighted by molar-refractivity contribution is 5.63. The lowest BCUT2D eigenvalue weighted by Gasteiger charge is -2.11. The van der Waals surface area contributed by atoms with Crippen molar-refractivity contribution in [2.75, 3.05) is 19.0 Å². The fourth-order valence-electron chi connectivity index (χ4n) is 2.05. The number of hydrogen-bond donors (Lipinski definition) is 1. The molecule has 0 fully saturated rings. The maximum Gasteiger partial charge on any atom is 0.321 e. The third-order valence-corrected chi connectivity index (χ3v) is 3.36. The average Bonchev–Trinajstić information content (AvgIpc) is 2.48. The molecule has 1 aromatic carbocycles. The van der Waals surface area contributed by atoms with E-state index in [1.54, 1.807) is 7.05 Å². The predicted octanol–water partition coefficient (Wildman–Crippen LogP) is 3.29. The Kier molecular flexibility index (Phi) is 4.73. The summed E-state index contributed by atoms with van der Waals surface area (Å²) in [7, 11) is 1.79. The number of nitrogens with zero attached hydrogens (tertiary/aromatic N) is 3. The molecule has 0 aliphatic rings. The Labute approximate surface area is 125 Å². The van der Waals surface area contributed by atoms with Crippen molar-refractivity contribution in [1.29, 1.82) is 0 Å². The first-order valence-corrected chi connectivity index (χ1v) is 7.20. The van der Waals surface area contributed by atoms with Crippen LogP contribution >= 0.6 is 0 Å². The molecule has 2 aromatic rings. The van der Waals surface area contributed by atoms with Gasteiger partial charge in [0, 0.05) is 12.6 Å². The zero-order valence-corrected chi connectivity index (χ0v) is 13.3. The molecule has 112 valence electrons. The summed E-state index contributed by atoms with van der Waals surface area (Å²) in [6, 6.07) is 4.63. The Hall–Kier alpha value is -2.17. The van der Waals surface area contributed by atoms with Crippen molar-refractivity contribution in [2.45, 2.75) is 34.1 Å². The molecule has 21 heavy (non-hydrogen) atoms. The van der Waals surface area contributed by atoms with E-state index in [0.29, 0.717) is 24.4 Å². The molecule has 0 aliphatic carbocycles. The van der Waals surface area contributed by atoms with Crippen molar-refractivity contribution in [1.82, 2.24) is 15.0 Å². The van der Waals surface area contributed by atoms with E-state index in [4.69, 9.17) is 4.74 Å². The van der Waals surface area contributed by atoms with Gasteiger partial charge in [0.2, 0.25) is 5.95 Å². The van der Waals surface area contributed by atoms with Crippen molar-refractivity contribution in [2.24, 2.45) is 0 Å². The molecule has 0 saturated carbocycles. The van der Waals surface area contributed by atoms with Gasteiger partial charge in [0.25, 0.3) is 0 Å². The summed E-state index contributed by atoms with van der Waals surface area (Å²) in [6.07, 6.45) is 0.915. The van der Waals surface area contributed by atoms with Crippen molar-refractivity contribution >= 4 is 5.95 Å². The monoisotopic (exact) mass is 286 g/mol. The van der Waals surface area contributed by atoms with Gasteiger partial charge < -0.3 is 10.1 Å². The summed E-state index contributed by atoms with van der Waals surface area (Å²) in [5, 5.41) is 2.96. The minimum Gasteiger partial charge on any atom is -0.463 e. The molecule has 0 aliphatic heterocycles. The molecule has 1 aromatic heterocycles. The summed E-state index contributed by atoms with van der Waals surface area (Å²) in [4.78, 5) is 13.1. The quantitative estimate of drug-likeness (QED) is 0.914.